The Morgan fingerprint density at radius 3 is 2.57 bits per heavy atom. The Hall–Kier alpha value is -3.93. The van der Waals surface area contributed by atoms with Gasteiger partial charge in [-0.25, -0.2) is 9.97 Å². The van der Waals surface area contributed by atoms with Crippen molar-refractivity contribution in [3.8, 4) is 6.07 Å². The average Bonchev–Trinajstić information content (AvgIpc) is 2.68. The van der Waals surface area contributed by atoms with Crippen LogP contribution >= 0.6 is 0 Å². The zero-order chi connectivity index (χ0) is 20.1. The molecule has 6 nitrogen and oxygen atoms in total. The molecule has 2 N–H and O–H groups in total. The molecule has 1 heterocycles. The van der Waals surface area contributed by atoms with E-state index in [0.717, 1.165) is 18.5 Å². The van der Waals surface area contributed by atoms with Crippen LogP contribution in [0.1, 0.15) is 21.6 Å². The fraction of sp³-hybridized carbons (Fsp3) is 0.0526. The van der Waals surface area contributed by atoms with E-state index in [2.05, 4.69) is 20.6 Å². The molecule has 0 spiro atoms. The number of alkyl halides is 3. The van der Waals surface area contributed by atoms with Gasteiger partial charge in [-0.1, -0.05) is 18.2 Å². The number of aromatic nitrogens is 2. The first-order valence-electron chi connectivity index (χ1n) is 7.93. The van der Waals surface area contributed by atoms with Gasteiger partial charge in [-0.3, -0.25) is 4.79 Å². The summed E-state index contributed by atoms with van der Waals surface area (Å²) < 4.78 is 39.2. The van der Waals surface area contributed by atoms with Crippen molar-refractivity contribution in [3.05, 3.63) is 77.7 Å². The summed E-state index contributed by atoms with van der Waals surface area (Å²) in [6.07, 6.45) is -3.49. The number of halogens is 3. The molecule has 1 aromatic heterocycles. The summed E-state index contributed by atoms with van der Waals surface area (Å²) in [4.78, 5) is 20.1. The molecule has 0 unspecified atom stereocenters. The number of hydrogen-bond acceptors (Lipinski definition) is 5. The maximum Gasteiger partial charge on any atom is 0.418 e. The number of nitrogens with one attached hydrogen (secondary N) is 2. The zero-order valence-electron chi connectivity index (χ0n) is 14.2. The van der Waals surface area contributed by atoms with Gasteiger partial charge in [0.25, 0.3) is 5.91 Å². The number of carbonyl (C=O) groups excluding carboxylic acids is 1. The second kappa shape index (κ2) is 7.75. The normalized spacial score (nSPS) is 10.8. The monoisotopic (exact) mass is 383 g/mol. The van der Waals surface area contributed by atoms with Gasteiger partial charge in [0, 0.05) is 11.8 Å². The van der Waals surface area contributed by atoms with Crippen molar-refractivity contribution >= 4 is 23.1 Å². The molecule has 0 fully saturated rings. The molecule has 0 radical (unpaired) electrons. The fourth-order valence-electron chi connectivity index (χ4n) is 2.39. The van der Waals surface area contributed by atoms with E-state index in [9.17, 15) is 18.0 Å². The Kier molecular flexibility index (Phi) is 5.22. The number of amides is 1. The Labute approximate surface area is 157 Å². The number of carbonyl (C=O) groups is 1. The highest BCUT2D eigenvalue weighted by Gasteiger charge is 2.33. The Bertz CT molecular complexity index is 1060. The van der Waals surface area contributed by atoms with Gasteiger partial charge in [-0.2, -0.15) is 18.4 Å². The number of rotatable bonds is 4. The van der Waals surface area contributed by atoms with Crippen LogP contribution in [0.3, 0.4) is 0 Å². The van der Waals surface area contributed by atoms with Crippen molar-refractivity contribution in [2.75, 3.05) is 10.6 Å². The van der Waals surface area contributed by atoms with Crippen LogP contribution in [-0.2, 0) is 6.18 Å². The van der Waals surface area contributed by atoms with Crippen molar-refractivity contribution in [1.82, 2.24) is 9.97 Å². The van der Waals surface area contributed by atoms with Gasteiger partial charge in [0.2, 0.25) is 0 Å². The number of anilines is 3. The molecule has 2 aromatic carbocycles. The standard InChI is InChI=1S/C19H12F3N5O/c20-19(21,22)14-6-1-2-7-15(14)27-18(28)16-9-17(25-11-24-16)26-13-5-3-4-12(8-13)10-23/h1-9,11H,(H,27,28)(H,24,25,26). The summed E-state index contributed by atoms with van der Waals surface area (Å²) in [5.41, 5.74) is -0.447. The van der Waals surface area contributed by atoms with Gasteiger partial charge in [-0.05, 0) is 30.3 Å². The van der Waals surface area contributed by atoms with Crippen molar-refractivity contribution in [3.63, 3.8) is 0 Å². The van der Waals surface area contributed by atoms with Crippen LogP contribution in [0.5, 0.6) is 0 Å². The fourth-order valence-corrected chi connectivity index (χ4v) is 2.39. The van der Waals surface area contributed by atoms with Crippen molar-refractivity contribution in [1.29, 1.82) is 5.26 Å². The Balaban J connectivity index is 1.81. The maximum atomic E-state index is 13.1. The third kappa shape index (κ3) is 4.42. The molecule has 0 aliphatic heterocycles. The lowest BCUT2D eigenvalue weighted by atomic mass is 10.1. The van der Waals surface area contributed by atoms with Crippen LogP contribution in [0.15, 0.2) is 60.9 Å². The third-order valence-electron chi connectivity index (χ3n) is 3.64. The molecule has 1 amide bonds. The predicted molar refractivity (Wildman–Crippen MR) is 95.9 cm³/mol. The van der Waals surface area contributed by atoms with Crippen molar-refractivity contribution in [2.45, 2.75) is 6.18 Å². The summed E-state index contributed by atoms with van der Waals surface area (Å²) in [6.45, 7) is 0. The summed E-state index contributed by atoms with van der Waals surface area (Å²) in [5, 5.41) is 14.1. The molecular weight excluding hydrogens is 371 g/mol. The highest BCUT2D eigenvalue weighted by Crippen LogP contribution is 2.34. The van der Waals surface area contributed by atoms with Crippen LogP contribution in [0.25, 0.3) is 0 Å². The van der Waals surface area contributed by atoms with E-state index in [4.69, 9.17) is 5.26 Å². The van der Waals surface area contributed by atoms with Crippen LogP contribution < -0.4 is 10.6 Å². The minimum atomic E-state index is -4.60. The molecule has 0 saturated carbocycles. The van der Waals surface area contributed by atoms with Gasteiger partial charge in [-0.15, -0.1) is 0 Å². The van der Waals surface area contributed by atoms with E-state index in [1.165, 1.54) is 18.2 Å². The van der Waals surface area contributed by atoms with E-state index in [1.54, 1.807) is 24.3 Å². The Morgan fingerprint density at radius 2 is 1.82 bits per heavy atom. The molecule has 0 atom stereocenters. The van der Waals surface area contributed by atoms with Crippen molar-refractivity contribution in [2.24, 2.45) is 0 Å². The number of nitriles is 1. The quantitative estimate of drug-likeness (QED) is 0.698. The van der Waals surface area contributed by atoms with Crippen LogP contribution in [-0.4, -0.2) is 15.9 Å². The van der Waals surface area contributed by atoms with Crippen LogP contribution in [0, 0.1) is 11.3 Å². The highest BCUT2D eigenvalue weighted by molar-refractivity contribution is 6.03. The lowest BCUT2D eigenvalue weighted by Crippen LogP contribution is -2.18. The number of para-hydroxylation sites is 1. The second-order valence-corrected chi connectivity index (χ2v) is 5.60. The number of hydrogen-bond donors (Lipinski definition) is 2. The first-order chi connectivity index (χ1) is 13.4. The summed E-state index contributed by atoms with van der Waals surface area (Å²) in [7, 11) is 0. The van der Waals surface area contributed by atoms with E-state index >= 15 is 0 Å². The molecule has 0 saturated heterocycles. The van der Waals surface area contributed by atoms with Crippen LogP contribution in [0.2, 0.25) is 0 Å². The molecule has 0 aliphatic carbocycles. The largest absolute Gasteiger partial charge is 0.418 e. The first kappa shape index (κ1) is 18.8. The van der Waals surface area contributed by atoms with Gasteiger partial charge in [0.05, 0.1) is 22.9 Å². The van der Waals surface area contributed by atoms with Gasteiger partial charge < -0.3 is 10.6 Å². The summed E-state index contributed by atoms with van der Waals surface area (Å²) >= 11 is 0. The molecular formula is C19H12F3N5O. The smallest absolute Gasteiger partial charge is 0.340 e. The minimum Gasteiger partial charge on any atom is -0.340 e. The third-order valence-corrected chi connectivity index (χ3v) is 3.64. The summed E-state index contributed by atoms with van der Waals surface area (Å²) in [6, 6.07) is 14.5. The molecule has 3 rings (SSSR count). The van der Waals surface area contributed by atoms with E-state index in [1.807, 2.05) is 6.07 Å². The van der Waals surface area contributed by atoms with Crippen molar-refractivity contribution < 1.29 is 18.0 Å². The lowest BCUT2D eigenvalue weighted by molar-refractivity contribution is -0.136. The molecule has 140 valence electrons. The number of nitrogens with zero attached hydrogens (tertiary/aromatic N) is 3. The van der Waals surface area contributed by atoms with Gasteiger partial charge >= 0.3 is 6.18 Å². The highest BCUT2D eigenvalue weighted by atomic mass is 19.4. The SMILES string of the molecule is N#Cc1cccc(Nc2cc(C(=O)Nc3ccccc3C(F)(F)F)ncn2)c1. The second-order valence-electron chi connectivity index (χ2n) is 5.60. The molecule has 0 bridgehead atoms. The lowest BCUT2D eigenvalue weighted by Gasteiger charge is -2.13. The molecule has 9 heteroatoms. The average molecular weight is 383 g/mol. The number of benzene rings is 2. The van der Waals surface area contributed by atoms with E-state index < -0.39 is 17.6 Å². The van der Waals surface area contributed by atoms with Gasteiger partial charge in [0.15, 0.2) is 0 Å². The van der Waals surface area contributed by atoms with E-state index in [0.29, 0.717) is 11.3 Å². The molecule has 3 aromatic rings. The Morgan fingerprint density at radius 1 is 1.04 bits per heavy atom. The molecule has 28 heavy (non-hydrogen) atoms. The minimum absolute atomic E-state index is 0.120. The van der Waals surface area contributed by atoms with Gasteiger partial charge in [0.1, 0.15) is 17.8 Å². The maximum absolute atomic E-state index is 13.1. The van der Waals surface area contributed by atoms with Crippen LogP contribution in [0.4, 0.5) is 30.4 Å². The zero-order valence-corrected chi connectivity index (χ0v) is 14.2. The predicted octanol–water partition coefficient (Wildman–Crippen LogP) is 4.36. The van der Waals surface area contributed by atoms with E-state index in [-0.39, 0.29) is 17.2 Å². The topological polar surface area (TPSA) is 90.7 Å². The summed E-state index contributed by atoms with van der Waals surface area (Å²) in [5.74, 6) is -0.563. The first-order valence-corrected chi connectivity index (χ1v) is 7.93. The molecule has 0 aliphatic rings.